The summed E-state index contributed by atoms with van der Waals surface area (Å²) in [5, 5.41) is 3.01. The average Bonchev–Trinajstić information content (AvgIpc) is 2.67. The molecule has 0 aliphatic carbocycles. The number of fused-ring (bicyclic) bond motifs is 1. The first-order valence-corrected chi connectivity index (χ1v) is 10.3. The highest BCUT2D eigenvalue weighted by molar-refractivity contribution is 7.92. The van der Waals surface area contributed by atoms with Gasteiger partial charge in [0, 0.05) is 6.07 Å². The second-order valence-corrected chi connectivity index (χ2v) is 8.35. The topological polar surface area (TPSA) is 84.9 Å². The molecule has 1 amide bonds. The molecular weight excluding hydrogens is 392 g/mol. The van der Waals surface area contributed by atoms with Crippen LogP contribution in [0, 0.1) is 0 Å². The van der Waals surface area contributed by atoms with Crippen molar-refractivity contribution in [2.45, 2.75) is 6.92 Å². The Morgan fingerprint density at radius 2 is 1.85 bits per heavy atom. The normalized spacial score (nSPS) is 13.1. The minimum atomic E-state index is -3.69. The second kappa shape index (κ2) is 8.06. The number of ether oxygens (including phenoxy) is 2. The summed E-state index contributed by atoms with van der Waals surface area (Å²) in [6.45, 7) is 1.95. The minimum absolute atomic E-state index is 0.152. The highest BCUT2D eigenvalue weighted by atomic mass is 35.5. The van der Waals surface area contributed by atoms with Gasteiger partial charge in [0.05, 0.1) is 22.2 Å². The Morgan fingerprint density at radius 3 is 2.56 bits per heavy atom. The van der Waals surface area contributed by atoms with Gasteiger partial charge in [-0.3, -0.25) is 9.10 Å². The number of para-hydroxylation sites is 1. The molecular formula is C18H19ClN2O5S. The predicted octanol–water partition coefficient (Wildman–Crippen LogP) is 2.91. The molecule has 0 atom stereocenters. The minimum Gasteiger partial charge on any atom is -0.486 e. The lowest BCUT2D eigenvalue weighted by molar-refractivity contribution is -0.114. The van der Waals surface area contributed by atoms with E-state index in [0.717, 1.165) is 4.31 Å². The molecule has 2 aromatic rings. The van der Waals surface area contributed by atoms with Crippen molar-refractivity contribution in [3.63, 3.8) is 0 Å². The highest BCUT2D eigenvalue weighted by Crippen LogP contribution is 2.35. The fraction of sp³-hybridized carbons (Fsp3) is 0.278. The van der Waals surface area contributed by atoms with Crippen LogP contribution in [0.15, 0.2) is 42.5 Å². The Hall–Kier alpha value is -2.45. The Bertz CT molecular complexity index is 949. The molecule has 9 heteroatoms. The van der Waals surface area contributed by atoms with Gasteiger partial charge in [-0.25, -0.2) is 8.42 Å². The van der Waals surface area contributed by atoms with Gasteiger partial charge in [-0.1, -0.05) is 23.7 Å². The number of rotatable bonds is 6. The van der Waals surface area contributed by atoms with E-state index in [1.54, 1.807) is 42.5 Å². The number of carbonyl (C=O) groups excluding carboxylic acids is 1. The molecule has 1 N–H and O–H groups in total. The average molecular weight is 411 g/mol. The second-order valence-electron chi connectivity index (χ2n) is 5.76. The Kier molecular flexibility index (Phi) is 5.76. The zero-order chi connectivity index (χ0) is 19.4. The van der Waals surface area contributed by atoms with Gasteiger partial charge in [-0.15, -0.1) is 0 Å². The van der Waals surface area contributed by atoms with Crippen LogP contribution in [0.25, 0.3) is 0 Å². The lowest BCUT2D eigenvalue weighted by atomic mass is 10.2. The largest absolute Gasteiger partial charge is 0.486 e. The summed E-state index contributed by atoms with van der Waals surface area (Å²) >= 11 is 6.04. The van der Waals surface area contributed by atoms with Crippen molar-refractivity contribution in [2.75, 3.05) is 35.1 Å². The Morgan fingerprint density at radius 1 is 1.15 bits per heavy atom. The van der Waals surface area contributed by atoms with E-state index in [9.17, 15) is 13.2 Å². The molecule has 0 bridgehead atoms. The van der Waals surface area contributed by atoms with E-state index in [1.165, 1.54) is 6.92 Å². The van der Waals surface area contributed by atoms with E-state index < -0.39 is 15.9 Å². The van der Waals surface area contributed by atoms with Crippen molar-refractivity contribution < 1.29 is 22.7 Å². The monoisotopic (exact) mass is 410 g/mol. The third kappa shape index (κ3) is 4.45. The number of benzene rings is 2. The summed E-state index contributed by atoms with van der Waals surface area (Å²) in [6.07, 6.45) is 0. The van der Waals surface area contributed by atoms with Gasteiger partial charge in [0.15, 0.2) is 11.5 Å². The number of amides is 1. The van der Waals surface area contributed by atoms with Gasteiger partial charge in [-0.2, -0.15) is 0 Å². The number of nitrogens with one attached hydrogen (secondary N) is 1. The molecule has 1 heterocycles. The zero-order valence-corrected chi connectivity index (χ0v) is 16.2. The first kappa shape index (κ1) is 19.3. The number of hydrogen-bond acceptors (Lipinski definition) is 5. The van der Waals surface area contributed by atoms with Gasteiger partial charge in [0.1, 0.15) is 19.8 Å². The first-order valence-electron chi connectivity index (χ1n) is 8.35. The number of hydrogen-bond donors (Lipinski definition) is 1. The highest BCUT2D eigenvalue weighted by Gasteiger charge is 2.25. The molecule has 0 aromatic heterocycles. The standard InChI is InChI=1S/C18H19ClN2O5S/c1-2-27(23,24)21(12-18(22)20-15-6-4-3-5-14(15)19)13-7-8-16-17(11-13)26-10-9-25-16/h3-8,11H,2,9-10,12H2,1H3,(H,20,22). The molecule has 0 spiro atoms. The van der Waals surface area contributed by atoms with Gasteiger partial charge < -0.3 is 14.8 Å². The molecule has 0 saturated heterocycles. The zero-order valence-electron chi connectivity index (χ0n) is 14.6. The Labute approximate surface area is 162 Å². The molecule has 2 aromatic carbocycles. The molecule has 3 rings (SSSR count). The summed E-state index contributed by atoms with van der Waals surface area (Å²) in [4.78, 5) is 12.5. The van der Waals surface area contributed by atoms with E-state index in [4.69, 9.17) is 21.1 Å². The quantitative estimate of drug-likeness (QED) is 0.791. The third-order valence-corrected chi connectivity index (χ3v) is 6.02. The van der Waals surface area contributed by atoms with Crippen molar-refractivity contribution >= 4 is 38.9 Å². The van der Waals surface area contributed by atoms with E-state index >= 15 is 0 Å². The third-order valence-electron chi connectivity index (χ3n) is 3.95. The molecule has 1 aliphatic heterocycles. The summed E-state index contributed by atoms with van der Waals surface area (Å²) in [7, 11) is -3.69. The maximum absolute atomic E-state index is 12.6. The summed E-state index contributed by atoms with van der Waals surface area (Å²) in [5.74, 6) is 0.330. The van der Waals surface area contributed by atoms with Gasteiger partial charge in [0.2, 0.25) is 15.9 Å². The molecule has 0 fully saturated rings. The van der Waals surface area contributed by atoms with Crippen LogP contribution in [-0.2, 0) is 14.8 Å². The fourth-order valence-corrected chi connectivity index (χ4v) is 3.82. The van der Waals surface area contributed by atoms with Gasteiger partial charge >= 0.3 is 0 Å². The molecule has 7 nitrogen and oxygen atoms in total. The number of sulfonamides is 1. The van der Waals surface area contributed by atoms with Crippen molar-refractivity contribution in [2.24, 2.45) is 0 Å². The summed E-state index contributed by atoms with van der Waals surface area (Å²) in [5.41, 5.74) is 0.746. The van der Waals surface area contributed by atoms with Crippen molar-refractivity contribution in [1.29, 1.82) is 0 Å². The van der Waals surface area contributed by atoms with Crippen molar-refractivity contribution in [3.05, 3.63) is 47.5 Å². The lowest BCUT2D eigenvalue weighted by Gasteiger charge is -2.25. The van der Waals surface area contributed by atoms with Crippen LogP contribution in [0.4, 0.5) is 11.4 Å². The van der Waals surface area contributed by atoms with Crippen LogP contribution in [0.5, 0.6) is 11.5 Å². The molecule has 0 saturated carbocycles. The van der Waals surface area contributed by atoms with Crippen LogP contribution < -0.4 is 19.1 Å². The number of nitrogens with zero attached hydrogens (tertiary/aromatic N) is 1. The first-order chi connectivity index (χ1) is 12.9. The maximum atomic E-state index is 12.6. The maximum Gasteiger partial charge on any atom is 0.245 e. The molecule has 27 heavy (non-hydrogen) atoms. The number of anilines is 2. The van der Waals surface area contributed by atoms with Crippen LogP contribution in [0.1, 0.15) is 6.92 Å². The van der Waals surface area contributed by atoms with Crippen LogP contribution in [0.2, 0.25) is 5.02 Å². The predicted molar refractivity (Wildman–Crippen MR) is 104 cm³/mol. The molecule has 1 aliphatic rings. The Balaban J connectivity index is 1.86. The van der Waals surface area contributed by atoms with E-state index in [1.807, 2.05) is 0 Å². The number of halogens is 1. The molecule has 0 unspecified atom stereocenters. The molecule has 0 radical (unpaired) electrons. The van der Waals surface area contributed by atoms with E-state index in [2.05, 4.69) is 5.32 Å². The van der Waals surface area contributed by atoms with Crippen molar-refractivity contribution in [1.82, 2.24) is 0 Å². The van der Waals surface area contributed by atoms with E-state index in [0.29, 0.717) is 41.1 Å². The van der Waals surface area contributed by atoms with Crippen LogP contribution >= 0.6 is 11.6 Å². The fourth-order valence-electron chi connectivity index (χ4n) is 2.58. The van der Waals surface area contributed by atoms with Gasteiger partial charge in [0.25, 0.3) is 0 Å². The molecule has 144 valence electrons. The van der Waals surface area contributed by atoms with Gasteiger partial charge in [-0.05, 0) is 31.2 Å². The van der Waals surface area contributed by atoms with Crippen molar-refractivity contribution in [3.8, 4) is 11.5 Å². The van der Waals surface area contributed by atoms with E-state index in [-0.39, 0.29) is 12.3 Å². The number of carbonyl (C=O) groups is 1. The smallest absolute Gasteiger partial charge is 0.245 e. The van der Waals surface area contributed by atoms with Crippen LogP contribution in [-0.4, -0.2) is 39.8 Å². The summed E-state index contributed by atoms with van der Waals surface area (Å²) < 4.78 is 37.2. The lowest BCUT2D eigenvalue weighted by Crippen LogP contribution is -2.39. The summed E-state index contributed by atoms with van der Waals surface area (Å²) in [6, 6.07) is 11.5. The van der Waals surface area contributed by atoms with Crippen LogP contribution in [0.3, 0.4) is 0 Å². The SMILES string of the molecule is CCS(=O)(=O)N(CC(=O)Nc1ccccc1Cl)c1ccc2c(c1)OCCO2.